The molecule has 0 aromatic heterocycles. The first-order valence-electron chi connectivity index (χ1n) is 8.08. The SMILES string of the molecule is Fc1c(F)c(F)c([C-](c2c(F)c(F)c(F)c(F)c2F)c2c(F)c(F)c(F)c(F)c2F)c(F)c1F.[Na+]. The van der Waals surface area contributed by atoms with Crippen LogP contribution in [-0.4, -0.2) is 0 Å². The van der Waals surface area contributed by atoms with E-state index in [2.05, 4.69) is 0 Å². The molecule has 0 aliphatic carbocycles. The van der Waals surface area contributed by atoms with Gasteiger partial charge in [-0.25, -0.2) is 65.9 Å². The summed E-state index contributed by atoms with van der Waals surface area (Å²) in [5, 5.41) is 0. The molecule has 16 heteroatoms. The van der Waals surface area contributed by atoms with Gasteiger partial charge in [0, 0.05) is 0 Å². The minimum absolute atomic E-state index is 0. The summed E-state index contributed by atoms with van der Waals surface area (Å²) in [6, 6.07) is 0. The Balaban J connectivity index is 0.00000432. The van der Waals surface area contributed by atoms with Crippen LogP contribution >= 0.6 is 0 Å². The van der Waals surface area contributed by atoms with Crippen molar-refractivity contribution in [1.29, 1.82) is 0 Å². The molecule has 0 bridgehead atoms. The maximum atomic E-state index is 14.4. The quantitative estimate of drug-likeness (QED) is 0.119. The Morgan fingerprint density at radius 1 is 0.229 bits per heavy atom. The van der Waals surface area contributed by atoms with Crippen LogP contribution in [0.4, 0.5) is 65.9 Å². The zero-order chi connectivity index (χ0) is 26.0. The van der Waals surface area contributed by atoms with Gasteiger partial charge in [0.1, 0.15) is 34.9 Å². The Hall–Kier alpha value is -2.52. The monoisotopic (exact) mass is 536 g/mol. The van der Waals surface area contributed by atoms with Crippen molar-refractivity contribution in [2.24, 2.45) is 0 Å². The van der Waals surface area contributed by atoms with Crippen LogP contribution in [0.15, 0.2) is 0 Å². The molecule has 0 amide bonds. The van der Waals surface area contributed by atoms with Gasteiger partial charge in [0.15, 0.2) is 52.4 Å². The summed E-state index contributed by atoms with van der Waals surface area (Å²) in [6.07, 6.45) is 0. The summed E-state index contributed by atoms with van der Waals surface area (Å²) in [7, 11) is 0. The minimum Gasteiger partial charge on any atom is -0.236 e. The van der Waals surface area contributed by atoms with Crippen molar-refractivity contribution in [3.05, 3.63) is 110 Å². The molecule has 35 heavy (non-hydrogen) atoms. The fraction of sp³-hybridized carbons (Fsp3) is 0. The molecule has 0 fully saturated rings. The minimum atomic E-state index is -3.08. The molecular weight excluding hydrogens is 536 g/mol. The Labute approximate surface area is 205 Å². The third kappa shape index (κ3) is 4.12. The molecule has 3 aromatic carbocycles. The van der Waals surface area contributed by atoms with E-state index < -0.39 is 110 Å². The van der Waals surface area contributed by atoms with Crippen LogP contribution in [0, 0.1) is 93.2 Å². The Bertz CT molecular complexity index is 1120. The average Bonchev–Trinajstić information content (AvgIpc) is 2.81. The number of rotatable bonds is 3. The van der Waals surface area contributed by atoms with Gasteiger partial charge < -0.3 is 0 Å². The van der Waals surface area contributed by atoms with Crippen LogP contribution in [0.5, 0.6) is 0 Å². The van der Waals surface area contributed by atoms with Crippen LogP contribution in [0.2, 0.25) is 0 Å². The third-order valence-corrected chi connectivity index (χ3v) is 4.38. The zero-order valence-electron chi connectivity index (χ0n) is 16.2. The summed E-state index contributed by atoms with van der Waals surface area (Å²) in [5.74, 6) is -48.4. The first kappa shape index (κ1) is 28.7. The zero-order valence-corrected chi connectivity index (χ0v) is 18.2. The molecule has 0 saturated carbocycles. The molecule has 0 spiro atoms. The topological polar surface area (TPSA) is 0 Å². The molecule has 0 saturated heterocycles. The molecule has 0 aliphatic heterocycles. The van der Waals surface area contributed by atoms with Crippen LogP contribution in [0.1, 0.15) is 16.7 Å². The van der Waals surface area contributed by atoms with E-state index in [1.807, 2.05) is 0 Å². The smallest absolute Gasteiger partial charge is 0.236 e. The normalized spacial score (nSPS) is 11.1. The average molecular weight is 536 g/mol. The van der Waals surface area contributed by atoms with Crippen molar-refractivity contribution < 1.29 is 95.4 Å². The van der Waals surface area contributed by atoms with Gasteiger partial charge in [0.25, 0.3) is 0 Å². The van der Waals surface area contributed by atoms with E-state index in [-0.39, 0.29) is 29.6 Å². The molecule has 182 valence electrons. The van der Waals surface area contributed by atoms with E-state index in [1.54, 1.807) is 0 Å². The number of hydrogen-bond donors (Lipinski definition) is 0. The van der Waals surface area contributed by atoms with E-state index in [1.165, 1.54) is 0 Å². The molecule has 0 nitrogen and oxygen atoms in total. The van der Waals surface area contributed by atoms with E-state index in [0.717, 1.165) is 0 Å². The van der Waals surface area contributed by atoms with Gasteiger partial charge >= 0.3 is 29.6 Å². The Morgan fingerprint density at radius 3 is 0.486 bits per heavy atom. The van der Waals surface area contributed by atoms with Crippen molar-refractivity contribution in [3.63, 3.8) is 0 Å². The van der Waals surface area contributed by atoms with E-state index in [0.29, 0.717) is 0 Å². The van der Waals surface area contributed by atoms with Gasteiger partial charge in [-0.1, -0.05) is 5.92 Å². The third-order valence-electron chi connectivity index (χ3n) is 4.38. The van der Waals surface area contributed by atoms with Crippen LogP contribution < -0.4 is 29.6 Å². The largest absolute Gasteiger partial charge is 1.00 e. The van der Waals surface area contributed by atoms with Gasteiger partial charge in [0.2, 0.25) is 0 Å². The second kappa shape index (κ2) is 9.85. The standard InChI is InChI=1S/C19F15.Na/c20-5-2(6(21)12(27)17(32)11(5)26)1(3-7(22)13(28)18(33)14(29)8(3)23)4-9(24)15(30)19(34)16(31)10(4)25;/q-1;+1. The molecule has 0 heterocycles. The van der Waals surface area contributed by atoms with Crippen LogP contribution in [-0.2, 0) is 0 Å². The van der Waals surface area contributed by atoms with Crippen molar-refractivity contribution >= 4 is 0 Å². The van der Waals surface area contributed by atoms with E-state index >= 15 is 0 Å². The predicted molar refractivity (Wildman–Crippen MR) is 79.2 cm³/mol. The summed E-state index contributed by atoms with van der Waals surface area (Å²) in [5.41, 5.74) is -8.28. The Morgan fingerprint density at radius 2 is 0.343 bits per heavy atom. The fourth-order valence-electron chi connectivity index (χ4n) is 2.85. The summed E-state index contributed by atoms with van der Waals surface area (Å²) < 4.78 is 208. The van der Waals surface area contributed by atoms with E-state index in [4.69, 9.17) is 0 Å². The molecule has 0 aliphatic rings. The Kier molecular flexibility index (Phi) is 8.08. The van der Waals surface area contributed by atoms with Gasteiger partial charge in [0.05, 0.1) is 0 Å². The molecule has 0 unspecified atom stereocenters. The van der Waals surface area contributed by atoms with Gasteiger partial charge in [-0.05, 0) is 16.7 Å². The van der Waals surface area contributed by atoms with Crippen molar-refractivity contribution in [3.8, 4) is 0 Å². The predicted octanol–water partition coefficient (Wildman–Crippen LogP) is 3.80. The molecule has 0 N–H and O–H groups in total. The van der Waals surface area contributed by atoms with Gasteiger partial charge in [-0.2, -0.15) is 0 Å². The second-order valence-electron chi connectivity index (χ2n) is 6.21. The number of benzene rings is 3. The second-order valence-corrected chi connectivity index (χ2v) is 6.21. The van der Waals surface area contributed by atoms with Gasteiger partial charge in [-0.3, -0.25) is 0 Å². The molecule has 0 radical (unpaired) electrons. The van der Waals surface area contributed by atoms with Crippen LogP contribution in [0.3, 0.4) is 0 Å². The fourth-order valence-corrected chi connectivity index (χ4v) is 2.85. The van der Waals surface area contributed by atoms with Crippen molar-refractivity contribution in [2.45, 2.75) is 0 Å². The first-order chi connectivity index (χ1) is 15.7. The molecule has 3 aromatic rings. The van der Waals surface area contributed by atoms with E-state index in [9.17, 15) is 65.9 Å². The molecule has 3 rings (SSSR count). The maximum Gasteiger partial charge on any atom is 1.00 e. The summed E-state index contributed by atoms with van der Waals surface area (Å²) in [4.78, 5) is 0. The summed E-state index contributed by atoms with van der Waals surface area (Å²) in [6.45, 7) is 0. The summed E-state index contributed by atoms with van der Waals surface area (Å²) >= 11 is 0. The van der Waals surface area contributed by atoms with Crippen molar-refractivity contribution in [1.82, 2.24) is 0 Å². The van der Waals surface area contributed by atoms with Crippen LogP contribution in [0.25, 0.3) is 0 Å². The molecule has 0 atom stereocenters. The number of hydrogen-bond acceptors (Lipinski definition) is 0. The first-order valence-corrected chi connectivity index (χ1v) is 8.08. The maximum absolute atomic E-state index is 14.4. The number of halogens is 15. The van der Waals surface area contributed by atoms with Crippen molar-refractivity contribution in [2.75, 3.05) is 0 Å². The molecular formula is C19F15Na. The van der Waals surface area contributed by atoms with Gasteiger partial charge in [-0.15, -0.1) is 0 Å².